The Labute approximate surface area is 101 Å². The Morgan fingerprint density at radius 2 is 1.88 bits per heavy atom. The minimum absolute atomic E-state index is 0.269. The lowest BCUT2D eigenvalue weighted by molar-refractivity contribution is 0.0295. The summed E-state index contributed by atoms with van der Waals surface area (Å²) in [6, 6.07) is 0. The van der Waals surface area contributed by atoms with Crippen LogP contribution in [-0.2, 0) is 0 Å². The van der Waals surface area contributed by atoms with Crippen LogP contribution in [0.5, 0.6) is 0 Å². The summed E-state index contributed by atoms with van der Waals surface area (Å²) in [6.07, 6.45) is 2.45. The molecule has 1 heterocycles. The number of likely N-dealkylation sites (N-methyl/N-ethyl adjacent to an activating group) is 1. The van der Waals surface area contributed by atoms with Crippen molar-refractivity contribution in [1.29, 1.82) is 0 Å². The summed E-state index contributed by atoms with van der Waals surface area (Å²) in [7, 11) is 2.21. The summed E-state index contributed by atoms with van der Waals surface area (Å²) >= 11 is 0. The minimum atomic E-state index is 0.269. The molecule has 2 N–H and O–H groups in total. The van der Waals surface area contributed by atoms with Gasteiger partial charge in [0.1, 0.15) is 0 Å². The number of rotatable bonds is 5. The van der Waals surface area contributed by atoms with Crippen LogP contribution in [0.15, 0.2) is 0 Å². The number of piperidine rings is 1. The quantitative estimate of drug-likeness (QED) is 0.770. The molecule has 3 nitrogen and oxygen atoms in total. The lowest BCUT2D eigenvalue weighted by Crippen LogP contribution is -2.59. The average Bonchev–Trinajstić information content (AvgIpc) is 2.27. The highest BCUT2D eigenvalue weighted by molar-refractivity contribution is 4.95. The Bertz CT molecular complexity index is 195. The zero-order valence-electron chi connectivity index (χ0n) is 11.5. The van der Waals surface area contributed by atoms with E-state index in [4.69, 9.17) is 5.73 Å². The van der Waals surface area contributed by atoms with Gasteiger partial charge in [-0.2, -0.15) is 0 Å². The van der Waals surface area contributed by atoms with E-state index in [1.54, 1.807) is 0 Å². The highest BCUT2D eigenvalue weighted by Crippen LogP contribution is 2.28. The van der Waals surface area contributed by atoms with E-state index in [1.807, 2.05) is 0 Å². The molecule has 0 radical (unpaired) electrons. The fourth-order valence-corrected chi connectivity index (χ4v) is 2.78. The zero-order chi connectivity index (χ0) is 12.2. The van der Waals surface area contributed by atoms with Gasteiger partial charge in [0.15, 0.2) is 0 Å². The minimum Gasteiger partial charge on any atom is -0.329 e. The first-order valence-corrected chi connectivity index (χ1v) is 6.67. The van der Waals surface area contributed by atoms with Crippen LogP contribution in [0.4, 0.5) is 0 Å². The number of likely N-dealkylation sites (tertiary alicyclic amines) is 1. The summed E-state index contributed by atoms with van der Waals surface area (Å²) in [4.78, 5) is 5.03. The van der Waals surface area contributed by atoms with Crippen molar-refractivity contribution >= 4 is 0 Å². The van der Waals surface area contributed by atoms with Gasteiger partial charge in [-0.3, -0.25) is 4.90 Å². The van der Waals surface area contributed by atoms with Crippen LogP contribution in [-0.4, -0.2) is 55.1 Å². The van der Waals surface area contributed by atoms with Gasteiger partial charge in [-0.05, 0) is 45.4 Å². The Balaban J connectivity index is 2.69. The number of hydrogen-bond acceptors (Lipinski definition) is 3. The molecule has 1 aliphatic heterocycles. The summed E-state index contributed by atoms with van der Waals surface area (Å²) in [5.74, 6) is 0.725. The van der Waals surface area contributed by atoms with Crippen LogP contribution in [0.1, 0.15) is 33.6 Å². The van der Waals surface area contributed by atoms with Gasteiger partial charge in [0.05, 0.1) is 0 Å². The Kier molecular flexibility index (Phi) is 5.22. The van der Waals surface area contributed by atoms with E-state index >= 15 is 0 Å². The second-order valence-corrected chi connectivity index (χ2v) is 5.66. The molecule has 0 bridgehead atoms. The lowest BCUT2D eigenvalue weighted by atomic mass is 9.85. The van der Waals surface area contributed by atoms with Crippen molar-refractivity contribution in [2.75, 3.05) is 39.8 Å². The molecule has 0 spiro atoms. The van der Waals surface area contributed by atoms with Gasteiger partial charge in [0.25, 0.3) is 0 Å². The summed E-state index contributed by atoms with van der Waals surface area (Å²) in [5, 5.41) is 0. The maximum Gasteiger partial charge on any atom is 0.0356 e. The standard InChI is InChI=1S/C13H29N3/c1-5-16(10-12(2)3)13(11-14)6-8-15(4)9-7-13/h12H,5-11,14H2,1-4H3. The molecule has 1 rings (SSSR count). The van der Waals surface area contributed by atoms with E-state index in [1.165, 1.54) is 32.5 Å². The highest BCUT2D eigenvalue weighted by atomic mass is 15.2. The van der Waals surface area contributed by atoms with E-state index in [9.17, 15) is 0 Å². The lowest BCUT2D eigenvalue weighted by Gasteiger charge is -2.48. The van der Waals surface area contributed by atoms with Gasteiger partial charge >= 0.3 is 0 Å². The molecule has 3 heteroatoms. The molecule has 0 aromatic heterocycles. The van der Waals surface area contributed by atoms with Gasteiger partial charge in [-0.1, -0.05) is 20.8 Å². The predicted molar refractivity (Wildman–Crippen MR) is 70.6 cm³/mol. The molecule has 1 aliphatic rings. The van der Waals surface area contributed by atoms with Gasteiger partial charge in [-0.25, -0.2) is 0 Å². The van der Waals surface area contributed by atoms with E-state index in [-0.39, 0.29) is 5.54 Å². The first kappa shape index (κ1) is 13.9. The molecule has 1 saturated heterocycles. The molecule has 96 valence electrons. The molecule has 0 amide bonds. The SMILES string of the molecule is CCN(CC(C)C)C1(CN)CCN(C)CC1. The van der Waals surface area contributed by atoms with Crippen molar-refractivity contribution in [2.24, 2.45) is 11.7 Å². The third-order valence-electron chi connectivity index (χ3n) is 3.94. The van der Waals surface area contributed by atoms with Gasteiger partial charge < -0.3 is 10.6 Å². The van der Waals surface area contributed by atoms with Crippen molar-refractivity contribution in [1.82, 2.24) is 9.80 Å². The van der Waals surface area contributed by atoms with Crippen molar-refractivity contribution in [2.45, 2.75) is 39.2 Å². The Hall–Kier alpha value is -0.120. The van der Waals surface area contributed by atoms with Crippen LogP contribution in [0.25, 0.3) is 0 Å². The van der Waals surface area contributed by atoms with E-state index in [0.717, 1.165) is 19.0 Å². The second-order valence-electron chi connectivity index (χ2n) is 5.66. The first-order valence-electron chi connectivity index (χ1n) is 6.67. The van der Waals surface area contributed by atoms with Crippen molar-refractivity contribution in [3.8, 4) is 0 Å². The first-order chi connectivity index (χ1) is 7.54. The molecule has 0 aromatic rings. The molecule has 0 aromatic carbocycles. The van der Waals surface area contributed by atoms with Crippen LogP contribution >= 0.6 is 0 Å². The molecule has 16 heavy (non-hydrogen) atoms. The summed E-state index contributed by atoms with van der Waals surface area (Å²) < 4.78 is 0. The Morgan fingerprint density at radius 3 is 2.25 bits per heavy atom. The van der Waals surface area contributed by atoms with Gasteiger partial charge in [-0.15, -0.1) is 0 Å². The van der Waals surface area contributed by atoms with Gasteiger partial charge in [0, 0.05) is 18.6 Å². The predicted octanol–water partition coefficient (Wildman–Crippen LogP) is 1.39. The van der Waals surface area contributed by atoms with Crippen molar-refractivity contribution in [3.63, 3.8) is 0 Å². The van der Waals surface area contributed by atoms with E-state index < -0.39 is 0 Å². The topological polar surface area (TPSA) is 32.5 Å². The number of nitrogens with zero attached hydrogens (tertiary/aromatic N) is 2. The molecular formula is C13H29N3. The van der Waals surface area contributed by atoms with E-state index in [2.05, 4.69) is 37.6 Å². The maximum absolute atomic E-state index is 6.08. The zero-order valence-corrected chi connectivity index (χ0v) is 11.5. The highest BCUT2D eigenvalue weighted by Gasteiger charge is 2.37. The van der Waals surface area contributed by atoms with Crippen LogP contribution < -0.4 is 5.73 Å². The van der Waals surface area contributed by atoms with Crippen LogP contribution in [0, 0.1) is 5.92 Å². The Morgan fingerprint density at radius 1 is 1.31 bits per heavy atom. The van der Waals surface area contributed by atoms with Crippen molar-refractivity contribution in [3.05, 3.63) is 0 Å². The molecule has 1 fully saturated rings. The normalized spacial score (nSPS) is 21.9. The fraction of sp³-hybridized carbons (Fsp3) is 1.00. The van der Waals surface area contributed by atoms with Crippen LogP contribution in [0.2, 0.25) is 0 Å². The fourth-order valence-electron chi connectivity index (χ4n) is 2.78. The largest absolute Gasteiger partial charge is 0.329 e. The average molecular weight is 227 g/mol. The van der Waals surface area contributed by atoms with E-state index in [0.29, 0.717) is 0 Å². The number of nitrogens with two attached hydrogens (primary N) is 1. The molecule has 0 unspecified atom stereocenters. The third kappa shape index (κ3) is 3.19. The molecular weight excluding hydrogens is 198 g/mol. The third-order valence-corrected chi connectivity index (χ3v) is 3.94. The summed E-state index contributed by atoms with van der Waals surface area (Å²) in [5.41, 5.74) is 6.35. The second kappa shape index (κ2) is 5.99. The monoisotopic (exact) mass is 227 g/mol. The molecule has 0 saturated carbocycles. The number of hydrogen-bond donors (Lipinski definition) is 1. The smallest absolute Gasteiger partial charge is 0.0356 e. The van der Waals surface area contributed by atoms with Gasteiger partial charge in [0.2, 0.25) is 0 Å². The van der Waals surface area contributed by atoms with Crippen LogP contribution in [0.3, 0.4) is 0 Å². The molecule has 0 aliphatic carbocycles. The summed E-state index contributed by atoms with van der Waals surface area (Å²) in [6.45, 7) is 12.3. The molecule has 0 atom stereocenters. The maximum atomic E-state index is 6.08. The van der Waals surface area contributed by atoms with Crippen molar-refractivity contribution < 1.29 is 0 Å².